The van der Waals surface area contributed by atoms with Gasteiger partial charge in [-0.1, -0.05) is 39.8 Å². The van der Waals surface area contributed by atoms with Gasteiger partial charge < -0.3 is 5.11 Å². The van der Waals surface area contributed by atoms with E-state index in [1.54, 1.807) is 36.0 Å². The summed E-state index contributed by atoms with van der Waals surface area (Å²) in [6, 6.07) is 12.8. The van der Waals surface area contributed by atoms with Gasteiger partial charge in [0, 0.05) is 39.7 Å². The largest absolute Gasteiger partial charge is 0.392 e. The normalized spacial score (nSPS) is 11.4. The van der Waals surface area contributed by atoms with E-state index in [9.17, 15) is 19.6 Å². The summed E-state index contributed by atoms with van der Waals surface area (Å²) in [5.74, 6) is 0.511. The van der Waals surface area contributed by atoms with Gasteiger partial charge in [-0.15, -0.1) is 11.8 Å². The summed E-state index contributed by atoms with van der Waals surface area (Å²) in [5.41, 5.74) is 5.32. The first-order valence-corrected chi connectivity index (χ1v) is 11.5. The number of nitro groups is 1. The van der Waals surface area contributed by atoms with Gasteiger partial charge in [0.1, 0.15) is 5.82 Å². The van der Waals surface area contributed by atoms with E-state index in [-0.39, 0.29) is 29.9 Å². The van der Waals surface area contributed by atoms with E-state index in [1.807, 2.05) is 13.8 Å². The Morgan fingerprint density at radius 3 is 2.03 bits per heavy atom. The average Bonchev–Trinajstić information content (AvgIpc) is 2.77. The maximum atomic E-state index is 13.6. The number of thioether (sulfide) groups is 1. The van der Waals surface area contributed by atoms with E-state index in [4.69, 9.17) is 4.98 Å². The Hall–Kier alpha value is -2.77. The number of nitrogens with zero attached hydrogens (tertiary/aromatic N) is 2. The molecule has 0 bridgehead atoms. The summed E-state index contributed by atoms with van der Waals surface area (Å²) in [6.07, 6.45) is 0. The van der Waals surface area contributed by atoms with Crippen molar-refractivity contribution in [2.24, 2.45) is 0 Å². The standard InChI is InChI=1S/C25H27FN2O3S/c1-15(2)24-21(13-29)23(17-5-7-18(26)8-6-17)22(25(27-24)16(3)4)14-32-20-11-9-19(10-12-20)28(30)31/h5-12,15-16,29H,13-14H2,1-4H3. The van der Waals surface area contributed by atoms with Gasteiger partial charge in [-0.25, -0.2) is 4.39 Å². The fourth-order valence-corrected chi connectivity index (χ4v) is 4.68. The zero-order valence-electron chi connectivity index (χ0n) is 18.6. The predicted molar refractivity (Wildman–Crippen MR) is 126 cm³/mol. The number of aromatic nitrogens is 1. The quantitative estimate of drug-likeness (QED) is 0.229. The molecule has 3 rings (SSSR count). The minimum Gasteiger partial charge on any atom is -0.392 e. The molecule has 0 saturated heterocycles. The molecule has 0 atom stereocenters. The molecule has 0 aliphatic heterocycles. The smallest absolute Gasteiger partial charge is 0.269 e. The van der Waals surface area contributed by atoms with Crippen molar-refractivity contribution < 1.29 is 14.4 Å². The molecule has 0 saturated carbocycles. The molecule has 5 nitrogen and oxygen atoms in total. The van der Waals surface area contributed by atoms with Crippen LogP contribution in [-0.4, -0.2) is 15.0 Å². The molecule has 0 amide bonds. The van der Waals surface area contributed by atoms with E-state index in [1.165, 1.54) is 24.3 Å². The Morgan fingerprint density at radius 1 is 0.969 bits per heavy atom. The van der Waals surface area contributed by atoms with E-state index >= 15 is 0 Å². The minimum absolute atomic E-state index is 0.0507. The molecule has 0 aliphatic rings. The van der Waals surface area contributed by atoms with Crippen molar-refractivity contribution in [3.05, 3.63) is 87.0 Å². The van der Waals surface area contributed by atoms with Crippen LogP contribution in [0.25, 0.3) is 11.1 Å². The molecule has 2 aromatic carbocycles. The molecule has 0 aliphatic carbocycles. The summed E-state index contributed by atoms with van der Waals surface area (Å²) in [5, 5.41) is 21.2. The summed E-state index contributed by atoms with van der Waals surface area (Å²) < 4.78 is 13.6. The van der Waals surface area contributed by atoms with Crippen molar-refractivity contribution in [1.29, 1.82) is 0 Å². The van der Waals surface area contributed by atoms with Gasteiger partial charge in [-0.05, 0) is 52.8 Å². The second-order valence-corrected chi connectivity index (χ2v) is 9.28. The Morgan fingerprint density at radius 2 is 1.53 bits per heavy atom. The number of halogens is 1. The second-order valence-electron chi connectivity index (χ2n) is 8.23. The topological polar surface area (TPSA) is 76.3 Å². The van der Waals surface area contributed by atoms with Gasteiger partial charge >= 0.3 is 0 Å². The van der Waals surface area contributed by atoms with Crippen LogP contribution in [0.3, 0.4) is 0 Å². The highest BCUT2D eigenvalue weighted by atomic mass is 32.2. The van der Waals surface area contributed by atoms with Crippen LogP contribution >= 0.6 is 11.8 Å². The number of pyridine rings is 1. The lowest BCUT2D eigenvalue weighted by molar-refractivity contribution is -0.384. The first kappa shape index (κ1) is 23.9. The lowest BCUT2D eigenvalue weighted by Crippen LogP contribution is -2.12. The van der Waals surface area contributed by atoms with Crippen LogP contribution in [0.1, 0.15) is 62.0 Å². The molecule has 1 aromatic heterocycles. The Kier molecular flexibility index (Phi) is 7.64. The van der Waals surface area contributed by atoms with Gasteiger partial charge in [0.15, 0.2) is 0 Å². The summed E-state index contributed by atoms with van der Waals surface area (Å²) in [7, 11) is 0. The van der Waals surface area contributed by atoms with E-state index < -0.39 is 4.92 Å². The summed E-state index contributed by atoms with van der Waals surface area (Å²) >= 11 is 1.55. The lowest BCUT2D eigenvalue weighted by Gasteiger charge is -2.24. The van der Waals surface area contributed by atoms with Crippen molar-refractivity contribution in [1.82, 2.24) is 4.98 Å². The van der Waals surface area contributed by atoms with Gasteiger partial charge in [0.2, 0.25) is 0 Å². The maximum absolute atomic E-state index is 13.6. The van der Waals surface area contributed by atoms with Gasteiger partial charge in [0.05, 0.1) is 11.5 Å². The van der Waals surface area contributed by atoms with Crippen LogP contribution in [0.2, 0.25) is 0 Å². The van der Waals surface area contributed by atoms with Crippen LogP contribution in [0.15, 0.2) is 53.4 Å². The first-order chi connectivity index (χ1) is 15.2. The molecule has 0 unspecified atom stereocenters. The van der Waals surface area contributed by atoms with Gasteiger partial charge in [-0.3, -0.25) is 15.1 Å². The number of hydrogen-bond acceptors (Lipinski definition) is 5. The zero-order chi connectivity index (χ0) is 23.4. The second kappa shape index (κ2) is 10.2. The molecular formula is C25H27FN2O3S. The molecule has 1 heterocycles. The number of hydrogen-bond donors (Lipinski definition) is 1. The number of nitro benzene ring substituents is 1. The third-order valence-corrected chi connectivity index (χ3v) is 6.32. The third kappa shape index (κ3) is 5.16. The molecule has 7 heteroatoms. The molecule has 0 radical (unpaired) electrons. The monoisotopic (exact) mass is 454 g/mol. The van der Waals surface area contributed by atoms with Crippen molar-refractivity contribution in [2.75, 3.05) is 0 Å². The number of rotatable bonds is 8. The molecule has 3 aromatic rings. The minimum atomic E-state index is -0.417. The Balaban J connectivity index is 2.15. The number of non-ortho nitro benzene ring substituents is 1. The highest BCUT2D eigenvalue weighted by molar-refractivity contribution is 7.98. The lowest BCUT2D eigenvalue weighted by atomic mass is 9.88. The number of benzene rings is 2. The van der Waals surface area contributed by atoms with E-state index in [0.29, 0.717) is 5.75 Å². The molecule has 0 fully saturated rings. The zero-order valence-corrected chi connectivity index (χ0v) is 19.4. The van der Waals surface area contributed by atoms with Gasteiger partial charge in [-0.2, -0.15) is 0 Å². The summed E-state index contributed by atoms with van der Waals surface area (Å²) in [4.78, 5) is 16.4. The highest BCUT2D eigenvalue weighted by Crippen LogP contribution is 2.39. The molecular weight excluding hydrogens is 427 g/mol. The van der Waals surface area contributed by atoms with Crippen LogP contribution in [0.4, 0.5) is 10.1 Å². The third-order valence-electron chi connectivity index (χ3n) is 5.28. The molecule has 0 spiro atoms. The molecule has 168 valence electrons. The Bertz CT molecular complexity index is 1100. The van der Waals surface area contributed by atoms with Crippen LogP contribution in [0.5, 0.6) is 0 Å². The first-order valence-electron chi connectivity index (χ1n) is 10.5. The van der Waals surface area contributed by atoms with Crippen molar-refractivity contribution in [3.8, 4) is 11.1 Å². The molecule has 32 heavy (non-hydrogen) atoms. The van der Waals surface area contributed by atoms with E-state index in [2.05, 4.69) is 13.8 Å². The molecule has 1 N–H and O–H groups in total. The van der Waals surface area contributed by atoms with Crippen LogP contribution < -0.4 is 0 Å². The number of aliphatic hydroxyl groups excluding tert-OH is 1. The predicted octanol–water partition coefficient (Wildman–Crippen LogP) is 6.83. The average molecular weight is 455 g/mol. The van der Waals surface area contributed by atoms with Gasteiger partial charge in [0.25, 0.3) is 5.69 Å². The Labute approximate surface area is 191 Å². The highest BCUT2D eigenvalue weighted by Gasteiger charge is 2.23. The van der Waals surface area contributed by atoms with E-state index in [0.717, 1.165) is 38.5 Å². The van der Waals surface area contributed by atoms with Crippen LogP contribution in [0, 0.1) is 15.9 Å². The summed E-state index contributed by atoms with van der Waals surface area (Å²) in [6.45, 7) is 8.09. The SMILES string of the molecule is CC(C)c1nc(C(C)C)c(CSc2ccc([N+](=O)[O-])cc2)c(-c2ccc(F)cc2)c1CO. The van der Waals surface area contributed by atoms with Crippen LogP contribution in [-0.2, 0) is 12.4 Å². The van der Waals surface area contributed by atoms with Crippen molar-refractivity contribution in [2.45, 2.75) is 56.8 Å². The number of aliphatic hydroxyl groups is 1. The van der Waals surface area contributed by atoms with Crippen molar-refractivity contribution >= 4 is 17.4 Å². The van der Waals surface area contributed by atoms with Crippen molar-refractivity contribution in [3.63, 3.8) is 0 Å². The maximum Gasteiger partial charge on any atom is 0.269 e. The fourth-order valence-electron chi connectivity index (χ4n) is 3.75. The fraction of sp³-hybridized carbons (Fsp3) is 0.320.